The molecule has 2 aliphatic carbocycles. The van der Waals surface area contributed by atoms with Crippen molar-refractivity contribution in [3.8, 4) is 0 Å². The lowest BCUT2D eigenvalue weighted by Gasteiger charge is -2.36. The van der Waals surface area contributed by atoms with Gasteiger partial charge in [0.25, 0.3) is 0 Å². The maximum absolute atomic E-state index is 3.88. The van der Waals surface area contributed by atoms with Crippen LogP contribution in [0, 0.1) is 11.8 Å². The predicted octanol–water partition coefficient (Wildman–Crippen LogP) is 3.51. The van der Waals surface area contributed by atoms with Gasteiger partial charge < -0.3 is 5.32 Å². The third-order valence-corrected chi connectivity index (χ3v) is 4.15. The zero-order valence-electron chi connectivity index (χ0n) is 10.2. The van der Waals surface area contributed by atoms with Gasteiger partial charge in [0.2, 0.25) is 0 Å². The van der Waals surface area contributed by atoms with Crippen LogP contribution in [0.5, 0.6) is 0 Å². The Bertz CT molecular complexity index is 221. The molecule has 0 aromatic carbocycles. The van der Waals surface area contributed by atoms with E-state index in [4.69, 9.17) is 0 Å². The molecule has 1 nitrogen and oxygen atoms in total. The summed E-state index contributed by atoms with van der Waals surface area (Å²) >= 11 is 0. The molecule has 0 aliphatic heterocycles. The lowest BCUT2D eigenvalue weighted by Crippen LogP contribution is -2.44. The van der Waals surface area contributed by atoms with Gasteiger partial charge in [-0.15, -0.1) is 0 Å². The fraction of sp³-hybridized carbons (Fsp3) is 0.857. The predicted molar refractivity (Wildman–Crippen MR) is 65.9 cm³/mol. The molecule has 1 N–H and O–H groups in total. The van der Waals surface area contributed by atoms with E-state index in [2.05, 4.69) is 31.3 Å². The highest BCUT2D eigenvalue weighted by molar-refractivity contribution is 4.95. The van der Waals surface area contributed by atoms with Crippen LogP contribution in [-0.2, 0) is 0 Å². The van der Waals surface area contributed by atoms with E-state index < -0.39 is 0 Å². The molecule has 0 radical (unpaired) electrons. The van der Waals surface area contributed by atoms with E-state index in [0.717, 1.165) is 23.9 Å². The molecule has 1 saturated carbocycles. The van der Waals surface area contributed by atoms with Gasteiger partial charge in [-0.1, -0.05) is 26.0 Å². The van der Waals surface area contributed by atoms with E-state index in [0.29, 0.717) is 0 Å². The molecule has 86 valence electrons. The molecule has 2 rings (SSSR count). The van der Waals surface area contributed by atoms with Gasteiger partial charge in [0.05, 0.1) is 0 Å². The minimum absolute atomic E-state index is 0.760. The van der Waals surface area contributed by atoms with Gasteiger partial charge in [0.1, 0.15) is 0 Å². The largest absolute Gasteiger partial charge is 0.311 e. The second kappa shape index (κ2) is 5.16. The average Bonchev–Trinajstić information content (AvgIpc) is 2.24. The van der Waals surface area contributed by atoms with Gasteiger partial charge >= 0.3 is 0 Å². The summed E-state index contributed by atoms with van der Waals surface area (Å²) in [5.74, 6) is 1.82. The fourth-order valence-corrected chi connectivity index (χ4v) is 3.16. The molecule has 0 saturated heterocycles. The van der Waals surface area contributed by atoms with Crippen molar-refractivity contribution in [1.29, 1.82) is 0 Å². The topological polar surface area (TPSA) is 12.0 Å². The van der Waals surface area contributed by atoms with Gasteiger partial charge in [0.15, 0.2) is 0 Å². The molecule has 1 fully saturated rings. The first kappa shape index (κ1) is 11.2. The smallest absolute Gasteiger partial charge is 0.0107 e. The van der Waals surface area contributed by atoms with Gasteiger partial charge in [0, 0.05) is 12.1 Å². The molecule has 0 aromatic heterocycles. The maximum atomic E-state index is 3.88. The third-order valence-electron chi connectivity index (χ3n) is 4.15. The van der Waals surface area contributed by atoms with Gasteiger partial charge in [-0.2, -0.15) is 0 Å². The van der Waals surface area contributed by atoms with Crippen LogP contribution < -0.4 is 5.32 Å². The summed E-state index contributed by atoms with van der Waals surface area (Å²) < 4.78 is 0. The highest BCUT2D eigenvalue weighted by Crippen LogP contribution is 2.29. The second-order valence-electron chi connectivity index (χ2n) is 5.65. The Morgan fingerprint density at radius 1 is 1.07 bits per heavy atom. The van der Waals surface area contributed by atoms with E-state index >= 15 is 0 Å². The van der Waals surface area contributed by atoms with E-state index in [1.165, 1.54) is 38.5 Å². The minimum Gasteiger partial charge on any atom is -0.311 e. The molecule has 4 atom stereocenters. The van der Waals surface area contributed by atoms with Crippen LogP contribution in [-0.4, -0.2) is 12.1 Å². The first-order valence-electron chi connectivity index (χ1n) is 6.66. The highest BCUT2D eigenvalue weighted by atomic mass is 15.0. The van der Waals surface area contributed by atoms with Crippen LogP contribution in [0.25, 0.3) is 0 Å². The highest BCUT2D eigenvalue weighted by Gasteiger charge is 2.26. The quantitative estimate of drug-likeness (QED) is 0.683. The van der Waals surface area contributed by atoms with Crippen molar-refractivity contribution >= 4 is 0 Å². The van der Waals surface area contributed by atoms with Crippen LogP contribution in [0.15, 0.2) is 12.2 Å². The van der Waals surface area contributed by atoms with Crippen LogP contribution >= 0.6 is 0 Å². The summed E-state index contributed by atoms with van der Waals surface area (Å²) in [5, 5.41) is 3.88. The van der Waals surface area contributed by atoms with Crippen LogP contribution in [0.2, 0.25) is 0 Å². The first-order valence-corrected chi connectivity index (χ1v) is 6.66. The minimum atomic E-state index is 0.760. The average molecular weight is 207 g/mol. The molecule has 15 heavy (non-hydrogen) atoms. The van der Waals surface area contributed by atoms with Crippen molar-refractivity contribution in [3.63, 3.8) is 0 Å². The Morgan fingerprint density at radius 3 is 2.60 bits per heavy atom. The molecule has 0 heterocycles. The van der Waals surface area contributed by atoms with Crippen molar-refractivity contribution in [2.24, 2.45) is 11.8 Å². The van der Waals surface area contributed by atoms with Crippen LogP contribution in [0.3, 0.4) is 0 Å². The summed E-state index contributed by atoms with van der Waals surface area (Å²) in [4.78, 5) is 0. The summed E-state index contributed by atoms with van der Waals surface area (Å²) in [5.41, 5.74) is 0. The van der Waals surface area contributed by atoms with E-state index in [1.807, 2.05) is 0 Å². The van der Waals surface area contributed by atoms with Crippen molar-refractivity contribution in [2.45, 2.75) is 64.5 Å². The van der Waals surface area contributed by atoms with Gasteiger partial charge in [-0.3, -0.25) is 0 Å². The first-order chi connectivity index (χ1) is 7.25. The lowest BCUT2D eigenvalue weighted by atomic mass is 9.79. The number of hydrogen-bond acceptors (Lipinski definition) is 1. The molecule has 0 bridgehead atoms. The van der Waals surface area contributed by atoms with E-state index in [-0.39, 0.29) is 0 Å². The molecule has 2 aliphatic rings. The number of rotatable bonds is 2. The Labute approximate surface area is 94.3 Å². The van der Waals surface area contributed by atoms with Gasteiger partial charge in [-0.25, -0.2) is 0 Å². The van der Waals surface area contributed by atoms with E-state index in [9.17, 15) is 0 Å². The van der Waals surface area contributed by atoms with Crippen molar-refractivity contribution in [2.75, 3.05) is 0 Å². The third kappa shape index (κ3) is 3.07. The second-order valence-corrected chi connectivity index (χ2v) is 5.65. The SMILES string of the molecule is CC1CCC(NC2CC=CCC2)C(C)C1. The zero-order valence-corrected chi connectivity index (χ0v) is 10.2. The van der Waals surface area contributed by atoms with Crippen LogP contribution in [0.1, 0.15) is 52.4 Å². The number of nitrogens with one attached hydrogen (secondary N) is 1. The summed E-state index contributed by atoms with van der Waals surface area (Å²) in [6.45, 7) is 4.82. The van der Waals surface area contributed by atoms with Crippen molar-refractivity contribution in [3.05, 3.63) is 12.2 Å². The molecule has 0 aromatic rings. The normalized spacial score (nSPS) is 41.7. The van der Waals surface area contributed by atoms with Crippen LogP contribution in [0.4, 0.5) is 0 Å². The molecule has 4 unspecified atom stereocenters. The van der Waals surface area contributed by atoms with Crippen molar-refractivity contribution in [1.82, 2.24) is 5.32 Å². The molecular formula is C14H25N. The van der Waals surface area contributed by atoms with Crippen molar-refractivity contribution < 1.29 is 0 Å². The standard InChI is InChI=1S/C14H25N/c1-11-8-9-14(12(2)10-11)15-13-6-4-3-5-7-13/h3-4,11-15H,5-10H2,1-2H3. The van der Waals surface area contributed by atoms with E-state index in [1.54, 1.807) is 0 Å². The Hall–Kier alpha value is -0.300. The summed E-state index contributed by atoms with van der Waals surface area (Å²) in [7, 11) is 0. The summed E-state index contributed by atoms with van der Waals surface area (Å²) in [6.07, 6.45) is 12.8. The Kier molecular flexibility index (Phi) is 3.85. The molecule has 1 heteroatoms. The number of allylic oxidation sites excluding steroid dienone is 1. The number of hydrogen-bond donors (Lipinski definition) is 1. The summed E-state index contributed by atoms with van der Waals surface area (Å²) in [6, 6.07) is 1.55. The monoisotopic (exact) mass is 207 g/mol. The van der Waals surface area contributed by atoms with Gasteiger partial charge in [-0.05, 0) is 50.4 Å². The maximum Gasteiger partial charge on any atom is 0.0107 e. The Balaban J connectivity index is 1.80. The molecule has 0 spiro atoms. The fourth-order valence-electron chi connectivity index (χ4n) is 3.16. The lowest BCUT2D eigenvalue weighted by molar-refractivity contribution is 0.209. The Morgan fingerprint density at radius 2 is 1.93 bits per heavy atom. The molecule has 0 amide bonds. The zero-order chi connectivity index (χ0) is 10.7. The molecular weight excluding hydrogens is 182 g/mol.